The molecule has 2 aromatic rings. The largest absolute Gasteiger partial charge is 0.447 e. The van der Waals surface area contributed by atoms with E-state index in [-0.39, 0.29) is 0 Å². The SMILES string of the molecule is c1ccc(CNc2cccc3c2O3)cc1. The van der Waals surface area contributed by atoms with Gasteiger partial charge in [0.05, 0.1) is 5.69 Å². The third-order valence-corrected chi connectivity index (χ3v) is 2.48. The zero-order chi connectivity index (χ0) is 10.1. The smallest absolute Gasteiger partial charge is 0.193 e. The van der Waals surface area contributed by atoms with Crippen molar-refractivity contribution in [1.82, 2.24) is 0 Å². The van der Waals surface area contributed by atoms with Crippen molar-refractivity contribution < 1.29 is 4.74 Å². The number of anilines is 1. The molecule has 2 aromatic carbocycles. The van der Waals surface area contributed by atoms with Gasteiger partial charge in [0.2, 0.25) is 0 Å². The van der Waals surface area contributed by atoms with Crippen LogP contribution in [0.3, 0.4) is 0 Å². The van der Waals surface area contributed by atoms with Gasteiger partial charge in [0.25, 0.3) is 0 Å². The summed E-state index contributed by atoms with van der Waals surface area (Å²) in [6, 6.07) is 16.3. The summed E-state index contributed by atoms with van der Waals surface area (Å²) in [5, 5.41) is 3.36. The fourth-order valence-corrected chi connectivity index (χ4v) is 1.62. The van der Waals surface area contributed by atoms with Crippen molar-refractivity contribution in [3.05, 3.63) is 54.1 Å². The average Bonchev–Trinajstić information content (AvgIpc) is 3.07. The first kappa shape index (κ1) is 8.36. The third-order valence-electron chi connectivity index (χ3n) is 2.48. The summed E-state index contributed by atoms with van der Waals surface area (Å²) in [7, 11) is 0. The predicted molar refractivity (Wildman–Crippen MR) is 60.3 cm³/mol. The summed E-state index contributed by atoms with van der Waals surface area (Å²) in [5.74, 6) is 1.99. The van der Waals surface area contributed by atoms with E-state index in [2.05, 4.69) is 17.4 Å². The number of fused-ring (bicyclic) bond motifs is 1. The quantitative estimate of drug-likeness (QED) is 0.651. The molecule has 0 fully saturated rings. The molecular weight excluding hydrogens is 186 g/mol. The highest BCUT2D eigenvalue weighted by Gasteiger charge is 2.23. The summed E-state index contributed by atoms with van der Waals surface area (Å²) in [6.45, 7) is 0.834. The van der Waals surface area contributed by atoms with Gasteiger partial charge in [-0.1, -0.05) is 36.4 Å². The van der Waals surface area contributed by atoms with Crippen LogP contribution in [0.5, 0.6) is 11.5 Å². The Morgan fingerprint density at radius 1 is 0.933 bits per heavy atom. The standard InChI is InChI=1S/C13H11NO/c1-2-5-10(6-3-1)9-14-11-7-4-8-12-13(11)15-12/h1-8,14H,9H2. The number of hydrogen-bond donors (Lipinski definition) is 1. The van der Waals surface area contributed by atoms with Crippen LogP contribution in [0.4, 0.5) is 5.69 Å². The van der Waals surface area contributed by atoms with E-state index >= 15 is 0 Å². The van der Waals surface area contributed by atoms with Gasteiger partial charge in [-0.05, 0) is 17.7 Å². The maximum Gasteiger partial charge on any atom is 0.193 e. The fourth-order valence-electron chi connectivity index (χ4n) is 1.62. The second kappa shape index (κ2) is 3.31. The second-order valence-corrected chi connectivity index (χ2v) is 3.57. The lowest BCUT2D eigenvalue weighted by Gasteiger charge is -2.03. The van der Waals surface area contributed by atoms with Crippen molar-refractivity contribution >= 4 is 5.69 Å². The summed E-state index contributed by atoms with van der Waals surface area (Å²) in [4.78, 5) is 0. The molecule has 0 spiro atoms. The van der Waals surface area contributed by atoms with E-state index in [0.29, 0.717) is 0 Å². The molecule has 1 N–H and O–H groups in total. The Hall–Kier alpha value is -1.96. The zero-order valence-electron chi connectivity index (χ0n) is 8.23. The van der Waals surface area contributed by atoms with Crippen LogP contribution in [0.1, 0.15) is 5.56 Å². The van der Waals surface area contributed by atoms with Crippen molar-refractivity contribution in [3.63, 3.8) is 0 Å². The molecule has 0 amide bonds. The van der Waals surface area contributed by atoms with E-state index in [0.717, 1.165) is 23.7 Å². The van der Waals surface area contributed by atoms with Crippen molar-refractivity contribution in [1.29, 1.82) is 0 Å². The molecule has 0 saturated heterocycles. The molecule has 0 saturated carbocycles. The third kappa shape index (κ3) is 1.66. The Morgan fingerprint density at radius 2 is 1.80 bits per heavy atom. The van der Waals surface area contributed by atoms with Crippen molar-refractivity contribution in [2.45, 2.75) is 6.54 Å². The lowest BCUT2D eigenvalue weighted by atomic mass is 10.2. The van der Waals surface area contributed by atoms with Gasteiger partial charge in [-0.2, -0.15) is 0 Å². The summed E-state index contributed by atoms with van der Waals surface area (Å²) in [5.41, 5.74) is 2.35. The van der Waals surface area contributed by atoms with Gasteiger partial charge in [0, 0.05) is 6.54 Å². The monoisotopic (exact) mass is 197 g/mol. The summed E-state index contributed by atoms with van der Waals surface area (Å²) >= 11 is 0. The number of nitrogens with one attached hydrogen (secondary N) is 1. The van der Waals surface area contributed by atoms with Crippen molar-refractivity contribution in [2.75, 3.05) is 5.32 Å². The zero-order valence-corrected chi connectivity index (χ0v) is 8.23. The Kier molecular flexibility index (Phi) is 1.85. The second-order valence-electron chi connectivity index (χ2n) is 3.57. The summed E-state index contributed by atoms with van der Waals surface area (Å²) < 4.78 is 5.29. The minimum absolute atomic E-state index is 0.834. The Morgan fingerprint density at radius 3 is 2.67 bits per heavy atom. The highest BCUT2D eigenvalue weighted by atomic mass is 16.6. The molecule has 0 bridgehead atoms. The Bertz CT molecular complexity index is 479. The molecule has 15 heavy (non-hydrogen) atoms. The molecule has 2 heteroatoms. The minimum atomic E-state index is 0.834. The van der Waals surface area contributed by atoms with Gasteiger partial charge in [-0.3, -0.25) is 0 Å². The first-order valence-corrected chi connectivity index (χ1v) is 5.02. The maximum atomic E-state index is 5.29. The molecule has 0 atom stereocenters. The normalized spacial score (nSPS) is 11.5. The van der Waals surface area contributed by atoms with Crippen LogP contribution in [-0.2, 0) is 6.54 Å². The highest BCUT2D eigenvalue weighted by Crippen LogP contribution is 2.50. The van der Waals surface area contributed by atoms with E-state index in [4.69, 9.17) is 4.74 Å². The van der Waals surface area contributed by atoms with E-state index in [1.54, 1.807) is 0 Å². The number of hydrogen-bond acceptors (Lipinski definition) is 2. The first-order chi connectivity index (χ1) is 7.43. The molecule has 2 nitrogen and oxygen atoms in total. The van der Waals surface area contributed by atoms with Gasteiger partial charge in [0.1, 0.15) is 0 Å². The molecule has 1 aliphatic heterocycles. The van der Waals surface area contributed by atoms with Gasteiger partial charge < -0.3 is 10.1 Å². The van der Waals surface area contributed by atoms with E-state index in [1.165, 1.54) is 5.56 Å². The molecule has 0 unspecified atom stereocenters. The number of para-hydroxylation sites is 1. The molecule has 0 aliphatic carbocycles. The minimum Gasteiger partial charge on any atom is -0.447 e. The molecule has 0 radical (unpaired) electrons. The molecule has 1 heterocycles. The lowest BCUT2D eigenvalue weighted by Crippen LogP contribution is -1.97. The van der Waals surface area contributed by atoms with E-state index in [9.17, 15) is 0 Å². The van der Waals surface area contributed by atoms with Crippen LogP contribution >= 0.6 is 0 Å². The van der Waals surface area contributed by atoms with Gasteiger partial charge in [-0.25, -0.2) is 0 Å². The van der Waals surface area contributed by atoms with Crippen LogP contribution in [0, 0.1) is 0 Å². The summed E-state index contributed by atoms with van der Waals surface area (Å²) in [6.07, 6.45) is 0. The van der Waals surface area contributed by atoms with Crippen LogP contribution < -0.4 is 10.1 Å². The molecular formula is C13H11NO. The van der Waals surface area contributed by atoms with E-state index in [1.807, 2.05) is 36.4 Å². The van der Waals surface area contributed by atoms with Crippen LogP contribution in [0.2, 0.25) is 0 Å². The molecule has 0 aromatic heterocycles. The lowest BCUT2D eigenvalue weighted by molar-refractivity contribution is 0.650. The first-order valence-electron chi connectivity index (χ1n) is 5.02. The van der Waals surface area contributed by atoms with Crippen molar-refractivity contribution in [2.24, 2.45) is 0 Å². The Labute approximate surface area is 88.5 Å². The fraction of sp³-hybridized carbons (Fsp3) is 0.0769. The van der Waals surface area contributed by atoms with Crippen molar-refractivity contribution in [3.8, 4) is 11.5 Å². The van der Waals surface area contributed by atoms with Crippen LogP contribution in [-0.4, -0.2) is 0 Å². The van der Waals surface area contributed by atoms with Gasteiger partial charge in [-0.15, -0.1) is 0 Å². The Balaban J connectivity index is 1.71. The van der Waals surface area contributed by atoms with Crippen LogP contribution in [0.15, 0.2) is 48.5 Å². The molecule has 3 rings (SSSR count). The number of rotatable bonds is 3. The molecule has 1 aliphatic rings. The van der Waals surface area contributed by atoms with E-state index < -0.39 is 0 Å². The number of ether oxygens (including phenoxy) is 1. The van der Waals surface area contributed by atoms with Gasteiger partial charge in [0.15, 0.2) is 11.5 Å². The predicted octanol–water partition coefficient (Wildman–Crippen LogP) is 3.40. The van der Waals surface area contributed by atoms with Crippen LogP contribution in [0.25, 0.3) is 0 Å². The topological polar surface area (TPSA) is 24.6 Å². The average molecular weight is 197 g/mol. The maximum absolute atomic E-state index is 5.29. The number of benzene rings is 2. The molecule has 74 valence electrons. The van der Waals surface area contributed by atoms with Gasteiger partial charge >= 0.3 is 0 Å². The highest BCUT2D eigenvalue weighted by molar-refractivity contribution is 5.72.